The first-order valence-corrected chi connectivity index (χ1v) is 9.57. The van der Waals surface area contributed by atoms with Crippen molar-refractivity contribution in [1.29, 1.82) is 0 Å². The normalized spacial score (nSPS) is 18.3. The highest BCUT2D eigenvalue weighted by Crippen LogP contribution is 2.39. The van der Waals surface area contributed by atoms with E-state index < -0.39 is 23.7 Å². The van der Waals surface area contributed by atoms with Gasteiger partial charge >= 0.3 is 5.97 Å². The lowest BCUT2D eigenvalue weighted by Gasteiger charge is -2.25. The van der Waals surface area contributed by atoms with E-state index in [1.807, 2.05) is 0 Å². The summed E-state index contributed by atoms with van der Waals surface area (Å²) in [6.07, 6.45) is 0.0287. The number of carbonyl (C=O) groups is 3. The highest BCUT2D eigenvalue weighted by Gasteiger charge is 2.45. The first kappa shape index (κ1) is 20.9. The van der Waals surface area contributed by atoms with E-state index in [1.165, 1.54) is 4.90 Å². The maximum absolute atomic E-state index is 12.8. The topological polar surface area (TPSA) is 94.9 Å². The highest BCUT2D eigenvalue weighted by atomic mass is 35.5. The fourth-order valence-electron chi connectivity index (χ4n) is 3.27. The Labute approximate surface area is 177 Å². The molecule has 3 rings (SSSR count). The summed E-state index contributed by atoms with van der Waals surface area (Å²) in [5.41, 5.74) is 0.867. The number of aliphatic hydroxyl groups excluding tert-OH is 1. The minimum Gasteiger partial charge on any atom is -0.507 e. The van der Waals surface area contributed by atoms with E-state index in [-0.39, 0.29) is 30.7 Å². The number of benzene rings is 2. The zero-order valence-electron chi connectivity index (χ0n) is 15.1. The number of hydrogen-bond donors (Lipinski definition) is 2. The van der Waals surface area contributed by atoms with Crippen LogP contribution in [0.4, 0.5) is 0 Å². The van der Waals surface area contributed by atoms with Gasteiger partial charge in [0, 0.05) is 28.6 Å². The van der Waals surface area contributed by atoms with E-state index in [2.05, 4.69) is 0 Å². The molecule has 29 heavy (non-hydrogen) atoms. The monoisotopic (exact) mass is 433 g/mol. The summed E-state index contributed by atoms with van der Waals surface area (Å²) in [4.78, 5) is 37.6. The van der Waals surface area contributed by atoms with Crippen molar-refractivity contribution in [2.24, 2.45) is 0 Å². The van der Waals surface area contributed by atoms with Gasteiger partial charge in [0.2, 0.25) is 0 Å². The molecule has 1 aliphatic heterocycles. The Kier molecular flexibility index (Phi) is 6.25. The van der Waals surface area contributed by atoms with Crippen molar-refractivity contribution in [1.82, 2.24) is 4.90 Å². The van der Waals surface area contributed by atoms with Crippen molar-refractivity contribution in [2.45, 2.75) is 18.9 Å². The first-order valence-electron chi connectivity index (χ1n) is 8.81. The van der Waals surface area contributed by atoms with Crippen molar-refractivity contribution < 1.29 is 24.6 Å². The minimum atomic E-state index is -0.995. The second-order valence-electron chi connectivity index (χ2n) is 6.55. The molecule has 0 bridgehead atoms. The van der Waals surface area contributed by atoms with Crippen LogP contribution in [0.1, 0.15) is 30.0 Å². The number of likely N-dealkylation sites (tertiary alicyclic amines) is 1. The molecule has 1 aliphatic rings. The van der Waals surface area contributed by atoms with Gasteiger partial charge in [0.1, 0.15) is 5.76 Å². The lowest BCUT2D eigenvalue weighted by molar-refractivity contribution is -0.140. The molecule has 0 aromatic heterocycles. The Morgan fingerprint density at radius 2 is 1.48 bits per heavy atom. The van der Waals surface area contributed by atoms with Gasteiger partial charge in [-0.15, -0.1) is 0 Å². The quantitative estimate of drug-likeness (QED) is 0.402. The number of aliphatic carboxylic acids is 1. The molecule has 1 atom stereocenters. The zero-order chi connectivity index (χ0) is 21.1. The molecule has 1 saturated heterocycles. The van der Waals surface area contributed by atoms with Crippen molar-refractivity contribution in [3.8, 4) is 0 Å². The SMILES string of the molecule is O=C(O)CCCN1C(=O)C(=O)/C(=C(/O)c2ccc(Cl)cc2)C1c1ccc(Cl)cc1. The molecule has 0 saturated carbocycles. The number of Topliss-reactive ketones (excluding diaryl/α,β-unsaturated/α-hetero) is 1. The van der Waals surface area contributed by atoms with Crippen LogP contribution in [0.15, 0.2) is 54.1 Å². The number of carboxylic acid groups (broad SMARTS) is 1. The Morgan fingerprint density at radius 1 is 0.931 bits per heavy atom. The fraction of sp³-hybridized carbons (Fsp3) is 0.190. The molecule has 150 valence electrons. The second kappa shape index (κ2) is 8.68. The molecule has 1 heterocycles. The van der Waals surface area contributed by atoms with Gasteiger partial charge in [-0.2, -0.15) is 0 Å². The van der Waals surface area contributed by atoms with Crippen LogP contribution < -0.4 is 0 Å². The first-order chi connectivity index (χ1) is 13.8. The van der Waals surface area contributed by atoms with E-state index in [1.54, 1.807) is 48.5 Å². The number of halogens is 2. The molecule has 2 aromatic rings. The van der Waals surface area contributed by atoms with Gasteiger partial charge in [0.05, 0.1) is 11.6 Å². The number of carboxylic acids is 1. The summed E-state index contributed by atoms with van der Waals surface area (Å²) >= 11 is 11.8. The van der Waals surface area contributed by atoms with Crippen LogP contribution in [0.5, 0.6) is 0 Å². The van der Waals surface area contributed by atoms with Crippen LogP contribution in [0.2, 0.25) is 10.0 Å². The largest absolute Gasteiger partial charge is 0.507 e. The van der Waals surface area contributed by atoms with Crippen molar-refractivity contribution in [2.75, 3.05) is 6.54 Å². The van der Waals surface area contributed by atoms with E-state index >= 15 is 0 Å². The summed E-state index contributed by atoms with van der Waals surface area (Å²) in [6.45, 7) is 0.0571. The number of rotatable bonds is 6. The fourth-order valence-corrected chi connectivity index (χ4v) is 3.52. The number of nitrogens with zero attached hydrogens (tertiary/aromatic N) is 1. The molecule has 6 nitrogen and oxygen atoms in total. The lowest BCUT2D eigenvalue weighted by atomic mass is 9.95. The van der Waals surface area contributed by atoms with Crippen LogP contribution in [0.3, 0.4) is 0 Å². The van der Waals surface area contributed by atoms with Crippen molar-refractivity contribution >= 4 is 46.6 Å². The van der Waals surface area contributed by atoms with Gasteiger partial charge in [-0.1, -0.05) is 35.3 Å². The minimum absolute atomic E-state index is 0.0571. The summed E-state index contributed by atoms with van der Waals surface area (Å²) in [5, 5.41) is 20.7. The van der Waals surface area contributed by atoms with Gasteiger partial charge in [-0.05, 0) is 48.4 Å². The summed E-state index contributed by atoms with van der Waals surface area (Å²) in [6, 6.07) is 12.0. The highest BCUT2D eigenvalue weighted by molar-refractivity contribution is 6.46. The third kappa shape index (κ3) is 4.44. The van der Waals surface area contributed by atoms with Crippen LogP contribution >= 0.6 is 23.2 Å². The summed E-state index contributed by atoms with van der Waals surface area (Å²) in [7, 11) is 0. The van der Waals surface area contributed by atoms with Crippen LogP contribution in [0.25, 0.3) is 5.76 Å². The zero-order valence-corrected chi connectivity index (χ0v) is 16.7. The smallest absolute Gasteiger partial charge is 0.303 e. The van der Waals surface area contributed by atoms with Crippen LogP contribution in [-0.2, 0) is 14.4 Å². The molecule has 1 amide bonds. The second-order valence-corrected chi connectivity index (χ2v) is 7.42. The number of hydrogen-bond acceptors (Lipinski definition) is 4. The predicted molar refractivity (Wildman–Crippen MR) is 109 cm³/mol. The number of amides is 1. The van der Waals surface area contributed by atoms with Gasteiger partial charge in [-0.25, -0.2) is 0 Å². The standard InChI is InChI=1S/C21H17Cl2NO5/c22-14-7-3-12(4-8-14)18-17(19(27)13-5-9-15(23)10-6-13)20(28)21(29)24(18)11-1-2-16(25)26/h3-10,18,27H,1-2,11H2,(H,25,26)/b19-17+. The maximum Gasteiger partial charge on any atom is 0.303 e. The molecule has 8 heteroatoms. The maximum atomic E-state index is 12.8. The van der Waals surface area contributed by atoms with Gasteiger partial charge in [0.15, 0.2) is 0 Å². The third-order valence-electron chi connectivity index (χ3n) is 4.63. The van der Waals surface area contributed by atoms with E-state index in [9.17, 15) is 19.5 Å². The number of carbonyl (C=O) groups excluding carboxylic acids is 2. The molecular formula is C21H17Cl2NO5. The molecule has 1 unspecified atom stereocenters. The molecule has 0 spiro atoms. The molecular weight excluding hydrogens is 417 g/mol. The third-order valence-corrected chi connectivity index (χ3v) is 5.14. The summed E-state index contributed by atoms with van der Waals surface area (Å²) < 4.78 is 0. The Balaban J connectivity index is 2.08. The van der Waals surface area contributed by atoms with Crippen LogP contribution in [0, 0.1) is 0 Å². The van der Waals surface area contributed by atoms with Gasteiger partial charge in [-0.3, -0.25) is 14.4 Å². The average Bonchev–Trinajstić information content (AvgIpc) is 2.93. The van der Waals surface area contributed by atoms with Crippen molar-refractivity contribution in [3.63, 3.8) is 0 Å². The Hall–Kier alpha value is -2.83. The van der Waals surface area contributed by atoms with Gasteiger partial charge < -0.3 is 15.1 Å². The molecule has 2 aromatic carbocycles. The lowest BCUT2D eigenvalue weighted by Crippen LogP contribution is -2.31. The van der Waals surface area contributed by atoms with E-state index in [0.717, 1.165) is 0 Å². The number of aliphatic hydroxyl groups is 1. The molecule has 1 fully saturated rings. The molecule has 0 radical (unpaired) electrons. The van der Waals surface area contributed by atoms with E-state index in [0.29, 0.717) is 21.2 Å². The Bertz CT molecular complexity index is 983. The molecule has 2 N–H and O–H groups in total. The molecule has 0 aliphatic carbocycles. The Morgan fingerprint density at radius 3 is 2.03 bits per heavy atom. The predicted octanol–water partition coefficient (Wildman–Crippen LogP) is 4.28. The van der Waals surface area contributed by atoms with Gasteiger partial charge in [0.25, 0.3) is 11.7 Å². The van der Waals surface area contributed by atoms with Crippen LogP contribution in [-0.4, -0.2) is 39.3 Å². The van der Waals surface area contributed by atoms with Crippen molar-refractivity contribution in [3.05, 3.63) is 75.3 Å². The number of ketones is 1. The average molecular weight is 434 g/mol. The van der Waals surface area contributed by atoms with E-state index in [4.69, 9.17) is 28.3 Å². The summed E-state index contributed by atoms with van der Waals surface area (Å²) in [5.74, 6) is -2.93.